The Morgan fingerprint density at radius 1 is 1.12 bits per heavy atom. The van der Waals surface area contributed by atoms with Crippen molar-refractivity contribution in [3.63, 3.8) is 0 Å². The van der Waals surface area contributed by atoms with Crippen molar-refractivity contribution in [2.75, 3.05) is 10.0 Å². The van der Waals surface area contributed by atoms with Crippen LogP contribution < -0.4 is 10.0 Å². The number of anilines is 2. The van der Waals surface area contributed by atoms with E-state index in [0.29, 0.717) is 10.7 Å². The van der Waals surface area contributed by atoms with Gasteiger partial charge in [-0.1, -0.05) is 35.9 Å². The average Bonchev–Trinajstić information content (AvgIpc) is 3.30. The van der Waals surface area contributed by atoms with Crippen molar-refractivity contribution in [2.24, 2.45) is 5.92 Å². The molecule has 174 valence electrons. The Morgan fingerprint density at radius 3 is 2.71 bits per heavy atom. The van der Waals surface area contributed by atoms with Crippen LogP contribution in [0.4, 0.5) is 17.1 Å². The lowest BCUT2D eigenvalue weighted by Gasteiger charge is -2.37. The monoisotopic (exact) mass is 495 g/mol. The van der Waals surface area contributed by atoms with Gasteiger partial charge in [0.1, 0.15) is 0 Å². The summed E-state index contributed by atoms with van der Waals surface area (Å²) in [5, 5.41) is 15.3. The maximum Gasteiger partial charge on any atom is 0.269 e. The number of hydrogen-bond donors (Lipinski definition) is 2. The quantitative estimate of drug-likeness (QED) is 0.250. The fourth-order valence-electron chi connectivity index (χ4n) is 4.85. The standard InChI is InChI=1S/C25H22ClN3O4S/c1-15-12-17(26)8-10-23(15)28-34(32,33)19-9-11-24-22(14-19)20-6-3-7-21(20)25(27-24)16-4-2-5-18(13-16)29(30)31/h2-6,8-14,20-21,25,27-28H,7H2,1H3/t20-,21+,25+/m0/s1. The number of sulfonamides is 1. The number of benzene rings is 3. The van der Waals surface area contributed by atoms with Crippen LogP contribution in [0, 0.1) is 23.0 Å². The van der Waals surface area contributed by atoms with E-state index in [2.05, 4.69) is 22.2 Å². The third-order valence-electron chi connectivity index (χ3n) is 6.52. The lowest BCUT2D eigenvalue weighted by molar-refractivity contribution is -0.384. The molecule has 9 heteroatoms. The van der Waals surface area contributed by atoms with Crippen LogP contribution in [0.1, 0.15) is 35.1 Å². The van der Waals surface area contributed by atoms with Crippen molar-refractivity contribution in [1.82, 2.24) is 0 Å². The average molecular weight is 496 g/mol. The van der Waals surface area contributed by atoms with E-state index in [1.54, 1.807) is 55.5 Å². The summed E-state index contributed by atoms with van der Waals surface area (Å²) in [6, 6.07) is 16.6. The molecule has 5 rings (SSSR count). The maximum absolute atomic E-state index is 13.2. The summed E-state index contributed by atoms with van der Waals surface area (Å²) in [6.45, 7) is 1.79. The maximum atomic E-state index is 13.2. The van der Waals surface area contributed by atoms with E-state index in [9.17, 15) is 18.5 Å². The van der Waals surface area contributed by atoms with Crippen molar-refractivity contribution >= 4 is 38.7 Å². The lowest BCUT2D eigenvalue weighted by atomic mass is 9.77. The van der Waals surface area contributed by atoms with Gasteiger partial charge in [-0.05, 0) is 72.4 Å². The van der Waals surface area contributed by atoms with Gasteiger partial charge in [0.2, 0.25) is 0 Å². The van der Waals surface area contributed by atoms with Crippen molar-refractivity contribution in [2.45, 2.75) is 30.2 Å². The summed E-state index contributed by atoms with van der Waals surface area (Å²) < 4.78 is 29.0. The molecule has 1 heterocycles. The first-order valence-electron chi connectivity index (χ1n) is 10.8. The van der Waals surface area contributed by atoms with Crippen molar-refractivity contribution < 1.29 is 13.3 Å². The molecule has 2 N–H and O–H groups in total. The number of fused-ring (bicyclic) bond motifs is 3. The van der Waals surface area contributed by atoms with E-state index in [-0.39, 0.29) is 28.5 Å². The highest BCUT2D eigenvalue weighted by molar-refractivity contribution is 7.92. The molecule has 3 aromatic carbocycles. The van der Waals surface area contributed by atoms with Gasteiger partial charge < -0.3 is 5.32 Å². The molecule has 0 radical (unpaired) electrons. The highest BCUT2D eigenvalue weighted by Crippen LogP contribution is 2.50. The van der Waals surface area contributed by atoms with E-state index in [0.717, 1.165) is 28.8 Å². The molecule has 7 nitrogen and oxygen atoms in total. The third-order valence-corrected chi connectivity index (χ3v) is 8.12. The summed E-state index contributed by atoms with van der Waals surface area (Å²) in [6.07, 6.45) is 4.98. The Balaban J connectivity index is 1.49. The number of hydrogen-bond acceptors (Lipinski definition) is 5. The number of nitrogens with zero attached hydrogens (tertiary/aromatic N) is 1. The molecular weight excluding hydrogens is 474 g/mol. The molecule has 0 saturated carbocycles. The predicted molar refractivity (Wildman–Crippen MR) is 133 cm³/mol. The Bertz CT molecular complexity index is 1440. The van der Waals surface area contributed by atoms with Crippen molar-refractivity contribution in [3.05, 3.63) is 105 Å². The van der Waals surface area contributed by atoms with Crippen LogP contribution in [-0.4, -0.2) is 13.3 Å². The van der Waals surface area contributed by atoms with Crippen LogP contribution in [0.5, 0.6) is 0 Å². The molecule has 2 aliphatic rings. The molecule has 34 heavy (non-hydrogen) atoms. The molecule has 1 aliphatic carbocycles. The van der Waals surface area contributed by atoms with Crippen LogP contribution >= 0.6 is 11.6 Å². The highest BCUT2D eigenvalue weighted by atomic mass is 35.5. The molecule has 0 aromatic heterocycles. The van der Waals surface area contributed by atoms with Gasteiger partial charge in [0, 0.05) is 28.8 Å². The second-order valence-corrected chi connectivity index (χ2v) is 10.8. The molecule has 0 bridgehead atoms. The van der Waals surface area contributed by atoms with Gasteiger partial charge >= 0.3 is 0 Å². The Kier molecular flexibility index (Phi) is 5.58. The number of nitro benzene ring substituents is 1. The largest absolute Gasteiger partial charge is 0.378 e. The fraction of sp³-hybridized carbons (Fsp3) is 0.200. The number of aryl methyl sites for hydroxylation is 1. The molecular formula is C25H22ClN3O4S. The lowest BCUT2D eigenvalue weighted by Crippen LogP contribution is -2.29. The normalized spacial score (nSPS) is 20.8. The molecule has 0 saturated heterocycles. The molecule has 0 fully saturated rings. The van der Waals surface area contributed by atoms with Gasteiger partial charge in [-0.15, -0.1) is 0 Å². The SMILES string of the molecule is Cc1cc(Cl)ccc1NS(=O)(=O)c1ccc2c(c1)[C@H]1C=CC[C@H]1[C@@H](c1cccc([N+](=O)[O-])c1)N2. The van der Waals surface area contributed by atoms with Crippen LogP contribution in [0.3, 0.4) is 0 Å². The van der Waals surface area contributed by atoms with Crippen molar-refractivity contribution in [3.8, 4) is 0 Å². The third kappa shape index (κ3) is 4.03. The number of rotatable bonds is 5. The van der Waals surface area contributed by atoms with Gasteiger partial charge in [-0.2, -0.15) is 0 Å². The minimum absolute atomic E-state index is 0.00734. The minimum atomic E-state index is -3.81. The minimum Gasteiger partial charge on any atom is -0.378 e. The first-order valence-corrected chi connectivity index (χ1v) is 12.7. The molecule has 3 aromatic rings. The number of allylic oxidation sites excluding steroid dienone is 2. The Hall–Kier alpha value is -3.36. The smallest absolute Gasteiger partial charge is 0.269 e. The van der Waals surface area contributed by atoms with Gasteiger partial charge in [-0.25, -0.2) is 8.42 Å². The van der Waals surface area contributed by atoms with Crippen LogP contribution in [0.15, 0.2) is 77.7 Å². The Labute approximate surface area is 202 Å². The molecule has 1 aliphatic heterocycles. The highest BCUT2D eigenvalue weighted by Gasteiger charge is 2.38. The zero-order valence-corrected chi connectivity index (χ0v) is 19.8. The predicted octanol–water partition coefficient (Wildman–Crippen LogP) is 6.18. The second-order valence-electron chi connectivity index (χ2n) is 8.64. The molecule has 0 spiro atoms. The van der Waals surface area contributed by atoms with E-state index < -0.39 is 14.9 Å². The zero-order valence-electron chi connectivity index (χ0n) is 18.2. The van der Waals surface area contributed by atoms with Crippen LogP contribution in [-0.2, 0) is 10.0 Å². The van der Waals surface area contributed by atoms with E-state index >= 15 is 0 Å². The summed E-state index contributed by atoms with van der Waals surface area (Å²) in [7, 11) is -3.81. The number of non-ortho nitro benzene ring substituents is 1. The first kappa shape index (κ1) is 22.4. The summed E-state index contributed by atoms with van der Waals surface area (Å²) in [5.74, 6) is 0.131. The zero-order chi connectivity index (χ0) is 24.0. The summed E-state index contributed by atoms with van der Waals surface area (Å²) >= 11 is 5.99. The van der Waals surface area contributed by atoms with Crippen molar-refractivity contribution in [1.29, 1.82) is 0 Å². The number of halogens is 1. The molecule has 0 unspecified atom stereocenters. The van der Waals surface area contributed by atoms with E-state index in [1.165, 1.54) is 6.07 Å². The number of nitro groups is 1. The van der Waals surface area contributed by atoms with Gasteiger partial charge in [0.15, 0.2) is 0 Å². The van der Waals surface area contributed by atoms with Crippen LogP contribution in [0.2, 0.25) is 5.02 Å². The second kappa shape index (κ2) is 8.45. The summed E-state index contributed by atoms with van der Waals surface area (Å²) in [5.41, 5.74) is 3.83. The van der Waals surface area contributed by atoms with Gasteiger partial charge in [-0.3, -0.25) is 14.8 Å². The molecule has 0 amide bonds. The fourth-order valence-corrected chi connectivity index (χ4v) is 6.24. The van der Waals surface area contributed by atoms with Gasteiger partial charge in [0.05, 0.1) is 21.5 Å². The molecule has 3 atom stereocenters. The van der Waals surface area contributed by atoms with Gasteiger partial charge in [0.25, 0.3) is 15.7 Å². The van der Waals surface area contributed by atoms with Crippen LogP contribution in [0.25, 0.3) is 0 Å². The van der Waals surface area contributed by atoms with E-state index in [4.69, 9.17) is 11.6 Å². The van der Waals surface area contributed by atoms with E-state index in [1.807, 2.05) is 6.07 Å². The topological polar surface area (TPSA) is 101 Å². The Morgan fingerprint density at radius 2 is 1.94 bits per heavy atom. The first-order chi connectivity index (χ1) is 16.2. The summed E-state index contributed by atoms with van der Waals surface area (Å²) in [4.78, 5) is 11.1. The number of nitrogens with one attached hydrogen (secondary N) is 2.